The Bertz CT molecular complexity index is 668. The molecule has 140 valence electrons. The second-order valence-corrected chi connectivity index (χ2v) is 6.79. The van der Waals surface area contributed by atoms with Crippen molar-refractivity contribution in [2.45, 2.75) is 45.8 Å². The lowest BCUT2D eigenvalue weighted by Gasteiger charge is -2.24. The van der Waals surface area contributed by atoms with Crippen LogP contribution in [-0.2, 0) is 4.79 Å². The van der Waals surface area contributed by atoms with Crippen LogP contribution < -0.4 is 14.8 Å². The molecule has 4 nitrogen and oxygen atoms in total. The quantitative estimate of drug-likeness (QED) is 0.706. The number of nitrogens with one attached hydrogen (secondary N) is 1. The van der Waals surface area contributed by atoms with Crippen molar-refractivity contribution in [1.82, 2.24) is 5.32 Å². The van der Waals surface area contributed by atoms with Gasteiger partial charge in [-0.2, -0.15) is 0 Å². The Kier molecular flexibility index (Phi) is 7.52. The molecule has 0 saturated carbocycles. The van der Waals surface area contributed by atoms with Crippen molar-refractivity contribution in [2.24, 2.45) is 5.92 Å². The van der Waals surface area contributed by atoms with Crippen LogP contribution in [0.2, 0.25) is 0 Å². The van der Waals surface area contributed by atoms with Gasteiger partial charge in [0.25, 0.3) is 5.91 Å². The Labute approximate surface area is 156 Å². The zero-order chi connectivity index (χ0) is 18.9. The number of rotatable bonds is 9. The average Bonchev–Trinajstić information content (AvgIpc) is 2.66. The number of ether oxygens (including phenoxy) is 2. The second-order valence-electron chi connectivity index (χ2n) is 6.79. The van der Waals surface area contributed by atoms with Crippen molar-refractivity contribution in [3.63, 3.8) is 0 Å². The molecule has 0 aromatic heterocycles. The van der Waals surface area contributed by atoms with Crippen LogP contribution in [0.3, 0.4) is 0 Å². The van der Waals surface area contributed by atoms with Gasteiger partial charge in [-0.1, -0.05) is 51.1 Å². The summed E-state index contributed by atoms with van der Waals surface area (Å²) in [6.45, 7) is 6.27. The summed E-state index contributed by atoms with van der Waals surface area (Å²) in [5.74, 6) is 1.81. The first-order valence-electron chi connectivity index (χ1n) is 9.19. The standard InChI is InChI=1S/C22H29NO3/c1-5-21(26-19-13-11-18(25-4)12-14-19)22(24)23-20(15-16(2)3)17-9-7-6-8-10-17/h6-14,16,20-21H,5,15H2,1-4H3,(H,23,24)/t20-,21-/m0/s1. The monoisotopic (exact) mass is 355 g/mol. The summed E-state index contributed by atoms with van der Waals surface area (Å²) in [5, 5.41) is 3.17. The van der Waals surface area contributed by atoms with Gasteiger partial charge in [-0.3, -0.25) is 4.79 Å². The highest BCUT2D eigenvalue weighted by molar-refractivity contribution is 5.81. The SMILES string of the molecule is CC[C@H](Oc1ccc(OC)cc1)C(=O)N[C@@H](CC(C)C)c1ccccc1. The number of carbonyl (C=O) groups is 1. The van der Waals surface area contributed by atoms with E-state index in [4.69, 9.17) is 9.47 Å². The number of carbonyl (C=O) groups excluding carboxylic acids is 1. The lowest BCUT2D eigenvalue weighted by molar-refractivity contribution is -0.129. The molecule has 2 aromatic rings. The predicted octanol–water partition coefficient (Wildman–Crippen LogP) is 4.76. The van der Waals surface area contributed by atoms with Gasteiger partial charge in [0.15, 0.2) is 6.10 Å². The van der Waals surface area contributed by atoms with Crippen LogP contribution in [0.5, 0.6) is 11.5 Å². The topological polar surface area (TPSA) is 47.6 Å². The Morgan fingerprint density at radius 3 is 2.15 bits per heavy atom. The molecule has 0 aliphatic rings. The molecule has 0 fully saturated rings. The van der Waals surface area contributed by atoms with Crippen molar-refractivity contribution < 1.29 is 14.3 Å². The van der Waals surface area contributed by atoms with E-state index in [0.717, 1.165) is 17.7 Å². The molecule has 0 aliphatic carbocycles. The van der Waals surface area contributed by atoms with Crippen LogP contribution in [0.4, 0.5) is 0 Å². The molecule has 2 atom stereocenters. The van der Waals surface area contributed by atoms with E-state index in [1.165, 1.54) is 0 Å². The van der Waals surface area contributed by atoms with Crippen molar-refractivity contribution in [1.29, 1.82) is 0 Å². The molecule has 0 unspecified atom stereocenters. The minimum Gasteiger partial charge on any atom is -0.497 e. The van der Waals surface area contributed by atoms with E-state index in [2.05, 4.69) is 31.3 Å². The van der Waals surface area contributed by atoms with E-state index in [9.17, 15) is 4.79 Å². The van der Waals surface area contributed by atoms with Gasteiger partial charge in [-0.15, -0.1) is 0 Å². The van der Waals surface area contributed by atoms with E-state index in [1.54, 1.807) is 7.11 Å². The second kappa shape index (κ2) is 9.85. The maximum absolute atomic E-state index is 12.8. The highest BCUT2D eigenvalue weighted by Gasteiger charge is 2.23. The van der Waals surface area contributed by atoms with E-state index in [1.807, 2.05) is 49.4 Å². The summed E-state index contributed by atoms with van der Waals surface area (Å²) in [5.41, 5.74) is 1.12. The van der Waals surface area contributed by atoms with Gasteiger partial charge in [0, 0.05) is 0 Å². The third kappa shape index (κ3) is 5.80. The van der Waals surface area contributed by atoms with Crippen molar-refractivity contribution in [3.05, 3.63) is 60.2 Å². The summed E-state index contributed by atoms with van der Waals surface area (Å²) in [6, 6.07) is 17.4. The van der Waals surface area contributed by atoms with E-state index in [-0.39, 0.29) is 11.9 Å². The highest BCUT2D eigenvalue weighted by atomic mass is 16.5. The number of amides is 1. The number of hydrogen-bond donors (Lipinski definition) is 1. The average molecular weight is 355 g/mol. The fraction of sp³-hybridized carbons (Fsp3) is 0.409. The molecular weight excluding hydrogens is 326 g/mol. The van der Waals surface area contributed by atoms with Crippen LogP contribution in [0.15, 0.2) is 54.6 Å². The zero-order valence-corrected chi connectivity index (χ0v) is 16.1. The summed E-state index contributed by atoms with van der Waals surface area (Å²) >= 11 is 0. The Balaban J connectivity index is 2.07. The maximum Gasteiger partial charge on any atom is 0.261 e. The summed E-state index contributed by atoms with van der Waals surface area (Å²) in [6.07, 6.45) is 0.956. The summed E-state index contributed by atoms with van der Waals surface area (Å²) in [4.78, 5) is 12.8. The molecule has 0 bridgehead atoms. The third-order valence-electron chi connectivity index (χ3n) is 4.23. The molecule has 4 heteroatoms. The minimum atomic E-state index is -0.526. The fourth-order valence-electron chi connectivity index (χ4n) is 2.84. The summed E-state index contributed by atoms with van der Waals surface area (Å²) < 4.78 is 11.1. The molecule has 0 heterocycles. The van der Waals surface area contributed by atoms with Gasteiger partial charge in [-0.05, 0) is 48.6 Å². The molecule has 0 saturated heterocycles. The van der Waals surface area contributed by atoms with E-state index >= 15 is 0 Å². The molecule has 0 radical (unpaired) electrons. The number of methoxy groups -OCH3 is 1. The number of benzene rings is 2. The van der Waals surface area contributed by atoms with Crippen molar-refractivity contribution >= 4 is 5.91 Å². The molecule has 0 spiro atoms. The first kappa shape index (κ1) is 19.8. The third-order valence-corrected chi connectivity index (χ3v) is 4.23. The maximum atomic E-state index is 12.8. The van der Waals surface area contributed by atoms with Gasteiger partial charge in [0.1, 0.15) is 11.5 Å². The first-order chi connectivity index (χ1) is 12.5. The van der Waals surface area contributed by atoms with Gasteiger partial charge in [-0.25, -0.2) is 0 Å². The number of hydrogen-bond acceptors (Lipinski definition) is 3. The van der Waals surface area contributed by atoms with E-state index < -0.39 is 6.10 Å². The van der Waals surface area contributed by atoms with Gasteiger partial charge in [0.05, 0.1) is 13.2 Å². The molecule has 1 amide bonds. The molecule has 26 heavy (non-hydrogen) atoms. The fourth-order valence-corrected chi connectivity index (χ4v) is 2.84. The largest absolute Gasteiger partial charge is 0.497 e. The molecule has 0 aliphatic heterocycles. The zero-order valence-electron chi connectivity index (χ0n) is 16.1. The first-order valence-corrected chi connectivity index (χ1v) is 9.19. The Morgan fingerprint density at radius 2 is 1.62 bits per heavy atom. The summed E-state index contributed by atoms with van der Waals surface area (Å²) in [7, 11) is 1.62. The molecule has 1 N–H and O–H groups in total. The Hall–Kier alpha value is -2.49. The molecular formula is C22H29NO3. The van der Waals surface area contributed by atoms with Gasteiger partial charge >= 0.3 is 0 Å². The minimum absolute atomic E-state index is 0.0165. The lowest BCUT2D eigenvalue weighted by atomic mass is 9.96. The molecule has 2 rings (SSSR count). The Morgan fingerprint density at radius 1 is 1.00 bits per heavy atom. The van der Waals surface area contributed by atoms with Crippen LogP contribution >= 0.6 is 0 Å². The van der Waals surface area contributed by atoms with Crippen LogP contribution in [0.25, 0.3) is 0 Å². The van der Waals surface area contributed by atoms with Crippen molar-refractivity contribution in [2.75, 3.05) is 7.11 Å². The van der Waals surface area contributed by atoms with Crippen molar-refractivity contribution in [3.8, 4) is 11.5 Å². The van der Waals surface area contributed by atoms with E-state index in [0.29, 0.717) is 18.1 Å². The van der Waals surface area contributed by atoms with Crippen LogP contribution in [0, 0.1) is 5.92 Å². The molecule has 2 aromatic carbocycles. The lowest BCUT2D eigenvalue weighted by Crippen LogP contribution is -2.40. The van der Waals surface area contributed by atoms with Gasteiger partial charge < -0.3 is 14.8 Å². The highest BCUT2D eigenvalue weighted by Crippen LogP contribution is 2.23. The van der Waals surface area contributed by atoms with Crippen LogP contribution in [0.1, 0.15) is 45.2 Å². The van der Waals surface area contributed by atoms with Crippen LogP contribution in [-0.4, -0.2) is 19.1 Å². The normalized spacial score (nSPS) is 13.1. The smallest absolute Gasteiger partial charge is 0.261 e. The predicted molar refractivity (Wildman–Crippen MR) is 104 cm³/mol. The van der Waals surface area contributed by atoms with Gasteiger partial charge in [0.2, 0.25) is 0 Å².